The minimum Gasteiger partial charge on any atom is -0.390 e. The van der Waals surface area contributed by atoms with E-state index in [0.717, 1.165) is 5.03 Å². The molecule has 5 nitrogen and oxygen atoms in total. The zero-order valence-electron chi connectivity index (χ0n) is 9.08. The molecule has 0 unspecified atom stereocenters. The zero-order chi connectivity index (χ0) is 11.5. The topological polar surface area (TPSA) is 69.5 Å². The largest absolute Gasteiger partial charge is 0.390 e. The molecule has 1 aromatic heterocycles. The van der Waals surface area contributed by atoms with Gasteiger partial charge in [0.15, 0.2) is 0 Å². The number of thioether (sulfide) groups is 1. The number of aliphatic hydroxyl groups excluding tert-OH is 2. The number of aromatic nitrogens is 2. The van der Waals surface area contributed by atoms with Crippen molar-refractivity contribution in [1.82, 2.24) is 9.97 Å². The van der Waals surface area contributed by atoms with Crippen molar-refractivity contribution in [3.8, 4) is 0 Å². The molecule has 0 saturated carbocycles. The molecule has 2 N–H and O–H groups in total. The molecule has 1 fully saturated rings. The fraction of sp³-hybridized carbons (Fsp3) is 0.600. The summed E-state index contributed by atoms with van der Waals surface area (Å²) < 4.78 is 0. The van der Waals surface area contributed by atoms with Gasteiger partial charge in [-0.25, -0.2) is 9.97 Å². The number of rotatable bonds is 2. The average Bonchev–Trinajstić information content (AvgIpc) is 2.33. The van der Waals surface area contributed by atoms with E-state index in [-0.39, 0.29) is 0 Å². The van der Waals surface area contributed by atoms with Crippen molar-refractivity contribution in [2.24, 2.45) is 0 Å². The van der Waals surface area contributed by atoms with E-state index < -0.39 is 12.2 Å². The van der Waals surface area contributed by atoms with Crippen LogP contribution in [0.4, 0.5) is 5.95 Å². The fourth-order valence-electron chi connectivity index (χ4n) is 1.70. The van der Waals surface area contributed by atoms with Gasteiger partial charge in [-0.3, -0.25) is 0 Å². The molecular formula is C10H15N3O2S. The highest BCUT2D eigenvalue weighted by atomic mass is 32.2. The molecule has 1 aromatic rings. The molecule has 0 radical (unpaired) electrons. The minimum absolute atomic E-state index is 0.388. The summed E-state index contributed by atoms with van der Waals surface area (Å²) in [6.07, 6.45) is 2.89. The molecular weight excluding hydrogens is 226 g/mol. The maximum atomic E-state index is 9.58. The highest BCUT2D eigenvalue weighted by Crippen LogP contribution is 2.19. The molecule has 88 valence electrons. The van der Waals surface area contributed by atoms with Gasteiger partial charge in [0, 0.05) is 19.3 Å². The van der Waals surface area contributed by atoms with E-state index >= 15 is 0 Å². The first-order valence-electron chi connectivity index (χ1n) is 5.19. The second-order valence-corrected chi connectivity index (χ2v) is 4.59. The Morgan fingerprint density at radius 3 is 2.94 bits per heavy atom. The van der Waals surface area contributed by atoms with Gasteiger partial charge in [0.25, 0.3) is 0 Å². The Morgan fingerprint density at radius 2 is 2.25 bits per heavy atom. The molecule has 1 aliphatic heterocycles. The van der Waals surface area contributed by atoms with E-state index in [0.29, 0.717) is 25.5 Å². The van der Waals surface area contributed by atoms with Gasteiger partial charge in [-0.15, -0.1) is 11.8 Å². The molecule has 0 bridgehead atoms. The van der Waals surface area contributed by atoms with Gasteiger partial charge in [-0.2, -0.15) is 0 Å². The summed E-state index contributed by atoms with van der Waals surface area (Å²) in [6.45, 7) is 1.06. The lowest BCUT2D eigenvalue weighted by atomic mass is 10.1. The van der Waals surface area contributed by atoms with Crippen LogP contribution >= 0.6 is 11.8 Å². The Hall–Kier alpha value is -0.850. The van der Waals surface area contributed by atoms with Crippen molar-refractivity contribution in [1.29, 1.82) is 0 Å². The first kappa shape index (κ1) is 11.6. The highest BCUT2D eigenvalue weighted by Gasteiger charge is 2.27. The molecule has 1 saturated heterocycles. The number of hydrogen-bond donors (Lipinski definition) is 2. The number of hydrogen-bond acceptors (Lipinski definition) is 6. The smallest absolute Gasteiger partial charge is 0.226 e. The van der Waals surface area contributed by atoms with Gasteiger partial charge in [0.2, 0.25) is 5.95 Å². The van der Waals surface area contributed by atoms with Crippen molar-refractivity contribution in [3.63, 3.8) is 0 Å². The summed E-state index contributed by atoms with van der Waals surface area (Å²) in [5.74, 6) is 0.623. The van der Waals surface area contributed by atoms with E-state index in [4.69, 9.17) is 0 Å². The van der Waals surface area contributed by atoms with Gasteiger partial charge in [0.1, 0.15) is 5.03 Å². The first-order valence-corrected chi connectivity index (χ1v) is 6.41. The lowest BCUT2D eigenvalue weighted by Gasteiger charge is -2.33. The zero-order valence-corrected chi connectivity index (χ0v) is 9.89. The van der Waals surface area contributed by atoms with Gasteiger partial charge in [0.05, 0.1) is 12.2 Å². The number of nitrogens with zero attached hydrogens (tertiary/aromatic N) is 3. The quantitative estimate of drug-likeness (QED) is 0.566. The van der Waals surface area contributed by atoms with Gasteiger partial charge in [-0.05, 0) is 18.7 Å². The summed E-state index contributed by atoms with van der Waals surface area (Å²) in [5, 5.41) is 19.9. The molecule has 0 aliphatic carbocycles. The van der Waals surface area contributed by atoms with Crippen molar-refractivity contribution in [2.75, 3.05) is 24.2 Å². The molecule has 1 aliphatic rings. The summed E-state index contributed by atoms with van der Waals surface area (Å²) in [4.78, 5) is 10.4. The summed E-state index contributed by atoms with van der Waals surface area (Å²) in [7, 11) is 0. The molecule has 0 aromatic carbocycles. The summed E-state index contributed by atoms with van der Waals surface area (Å²) >= 11 is 1.56. The molecule has 0 amide bonds. The molecule has 2 heterocycles. The predicted octanol–water partition coefficient (Wildman–Crippen LogP) is 0.130. The van der Waals surface area contributed by atoms with E-state index in [2.05, 4.69) is 9.97 Å². The lowest BCUT2D eigenvalue weighted by Crippen LogP contribution is -2.47. The monoisotopic (exact) mass is 241 g/mol. The second kappa shape index (κ2) is 4.99. The molecule has 2 atom stereocenters. The number of anilines is 1. The van der Waals surface area contributed by atoms with Gasteiger partial charge in [-0.1, -0.05) is 0 Å². The Labute approximate surface area is 98.5 Å². The third-order valence-corrected chi connectivity index (χ3v) is 3.30. The maximum absolute atomic E-state index is 9.58. The van der Waals surface area contributed by atoms with E-state index in [1.165, 1.54) is 0 Å². The van der Waals surface area contributed by atoms with Crippen LogP contribution in [-0.2, 0) is 0 Å². The maximum Gasteiger partial charge on any atom is 0.226 e. The Balaban J connectivity index is 2.12. The standard InChI is InChI=1S/C10H15N3O2S/c1-16-9-2-4-11-10(12-9)13-5-3-7(14)8(15)6-13/h2,4,7-8,14-15H,3,5-6H2,1H3/t7-,8+/m0/s1. The SMILES string of the molecule is CSc1ccnc(N2CC[C@H](O)[C@H](O)C2)n1. The van der Waals surface area contributed by atoms with Crippen LogP contribution in [0, 0.1) is 0 Å². The van der Waals surface area contributed by atoms with Crippen LogP contribution in [0.5, 0.6) is 0 Å². The van der Waals surface area contributed by atoms with Crippen LogP contribution in [0.2, 0.25) is 0 Å². The fourth-order valence-corrected chi connectivity index (χ4v) is 2.07. The van der Waals surface area contributed by atoms with Crippen LogP contribution in [0.25, 0.3) is 0 Å². The highest BCUT2D eigenvalue weighted by molar-refractivity contribution is 7.98. The van der Waals surface area contributed by atoms with Crippen LogP contribution in [0.15, 0.2) is 17.3 Å². The second-order valence-electron chi connectivity index (χ2n) is 3.77. The third-order valence-electron chi connectivity index (χ3n) is 2.66. The summed E-state index contributed by atoms with van der Waals surface area (Å²) in [5.41, 5.74) is 0. The van der Waals surface area contributed by atoms with E-state index in [1.54, 1.807) is 18.0 Å². The third kappa shape index (κ3) is 2.45. The average molecular weight is 241 g/mol. The number of aliphatic hydroxyl groups is 2. The van der Waals surface area contributed by atoms with Crippen LogP contribution < -0.4 is 4.90 Å². The van der Waals surface area contributed by atoms with Crippen molar-refractivity contribution >= 4 is 17.7 Å². The minimum atomic E-state index is -0.713. The van der Waals surface area contributed by atoms with E-state index in [1.807, 2.05) is 17.2 Å². The number of β-amino-alcohol motifs (C(OH)–C–C–N with tert-alkyl or cyclic N) is 1. The van der Waals surface area contributed by atoms with Crippen LogP contribution in [0.1, 0.15) is 6.42 Å². The Morgan fingerprint density at radius 1 is 1.44 bits per heavy atom. The van der Waals surface area contributed by atoms with Crippen LogP contribution in [0.3, 0.4) is 0 Å². The lowest BCUT2D eigenvalue weighted by molar-refractivity contribution is 0.00766. The Bertz CT molecular complexity index is 364. The molecule has 16 heavy (non-hydrogen) atoms. The number of piperidine rings is 1. The van der Waals surface area contributed by atoms with Crippen molar-refractivity contribution in [2.45, 2.75) is 23.7 Å². The van der Waals surface area contributed by atoms with Crippen LogP contribution in [-0.4, -0.2) is 51.7 Å². The Kier molecular flexibility index (Phi) is 3.63. The molecule has 0 spiro atoms. The molecule has 6 heteroatoms. The van der Waals surface area contributed by atoms with Gasteiger partial charge < -0.3 is 15.1 Å². The predicted molar refractivity (Wildman–Crippen MR) is 62.7 cm³/mol. The first-order chi connectivity index (χ1) is 7.70. The van der Waals surface area contributed by atoms with E-state index in [9.17, 15) is 10.2 Å². The van der Waals surface area contributed by atoms with Crippen molar-refractivity contribution < 1.29 is 10.2 Å². The molecule has 2 rings (SSSR count). The van der Waals surface area contributed by atoms with Gasteiger partial charge >= 0.3 is 0 Å². The summed E-state index contributed by atoms with van der Waals surface area (Å²) in [6, 6.07) is 1.85. The normalized spacial score (nSPS) is 25.8. The van der Waals surface area contributed by atoms with Crippen molar-refractivity contribution in [3.05, 3.63) is 12.3 Å².